The maximum atomic E-state index is 9.61. The monoisotopic (exact) mass is 485 g/mol. The summed E-state index contributed by atoms with van der Waals surface area (Å²) in [7, 11) is 0. The topological polar surface area (TPSA) is 41.1 Å². The Morgan fingerprint density at radius 2 is 1.93 bits per heavy atom. The van der Waals surface area contributed by atoms with E-state index in [-0.39, 0.29) is 0 Å². The van der Waals surface area contributed by atoms with E-state index in [1.54, 1.807) is 11.3 Å². The molecular formula is C22H20IN3S. The molecule has 0 N–H and O–H groups in total. The van der Waals surface area contributed by atoms with Crippen LogP contribution in [-0.2, 0) is 12.8 Å². The Bertz CT molecular complexity index is 1060. The van der Waals surface area contributed by atoms with Gasteiger partial charge < -0.3 is 4.57 Å². The van der Waals surface area contributed by atoms with Gasteiger partial charge in [-0.3, -0.25) is 0 Å². The number of aryl methyl sites for hydroxylation is 2. The highest BCUT2D eigenvalue weighted by atomic mass is 127. The molecule has 1 aliphatic carbocycles. The van der Waals surface area contributed by atoms with Crippen LogP contribution in [0.2, 0.25) is 0 Å². The molecule has 2 heterocycles. The van der Waals surface area contributed by atoms with Crippen LogP contribution in [0.5, 0.6) is 0 Å². The van der Waals surface area contributed by atoms with Gasteiger partial charge in [0.15, 0.2) is 0 Å². The van der Waals surface area contributed by atoms with Crippen LogP contribution in [0.4, 0.5) is 5.00 Å². The lowest BCUT2D eigenvalue weighted by molar-refractivity contribution is 0.696. The maximum Gasteiger partial charge on any atom is 0.134 e. The summed E-state index contributed by atoms with van der Waals surface area (Å²) in [5.41, 5.74) is 6.64. The number of fused-ring (bicyclic) bond motifs is 1. The van der Waals surface area contributed by atoms with Gasteiger partial charge in [-0.1, -0.05) is 0 Å². The molecule has 2 aromatic heterocycles. The highest BCUT2D eigenvalue weighted by molar-refractivity contribution is 14.1. The summed E-state index contributed by atoms with van der Waals surface area (Å²) in [6.45, 7) is 4.24. The normalized spacial score (nSPS) is 13.7. The summed E-state index contributed by atoms with van der Waals surface area (Å²) in [6.07, 6.45) is 6.43. The van der Waals surface area contributed by atoms with E-state index in [9.17, 15) is 5.26 Å². The summed E-state index contributed by atoms with van der Waals surface area (Å²) in [6, 6.07) is 13.1. The van der Waals surface area contributed by atoms with Crippen LogP contribution < -0.4 is 0 Å². The SMILES string of the molecule is Cc1cc(C=Nc2sc3c(c2C#N)CCCC3)c(C)n1-c1ccc(I)cc1. The molecule has 4 rings (SSSR count). The standard InChI is InChI=1S/C22H20IN3S/c1-14-11-16(15(2)26(14)18-9-7-17(23)8-10-18)13-25-22-20(12-24)19-5-3-4-6-21(19)27-22/h7-11,13H,3-6H2,1-2H3. The first-order chi connectivity index (χ1) is 13.1. The van der Waals surface area contributed by atoms with Crippen LogP contribution in [0.15, 0.2) is 35.3 Å². The second-order valence-electron chi connectivity index (χ2n) is 6.90. The highest BCUT2D eigenvalue weighted by Gasteiger charge is 2.20. The fourth-order valence-corrected chi connectivity index (χ4v) is 5.33. The number of nitrogens with zero attached hydrogens (tertiary/aromatic N) is 3. The third-order valence-electron chi connectivity index (χ3n) is 5.14. The van der Waals surface area contributed by atoms with Gasteiger partial charge in [0, 0.05) is 37.3 Å². The van der Waals surface area contributed by atoms with E-state index in [4.69, 9.17) is 4.99 Å². The van der Waals surface area contributed by atoms with Crippen molar-refractivity contribution in [1.82, 2.24) is 4.57 Å². The van der Waals surface area contributed by atoms with Gasteiger partial charge in [0.05, 0.1) is 5.56 Å². The fourth-order valence-electron chi connectivity index (χ4n) is 3.79. The Kier molecular flexibility index (Phi) is 5.20. The third kappa shape index (κ3) is 3.48. The molecule has 0 bridgehead atoms. The number of hydrogen-bond acceptors (Lipinski definition) is 3. The van der Waals surface area contributed by atoms with Gasteiger partial charge in [0.2, 0.25) is 0 Å². The summed E-state index contributed by atoms with van der Waals surface area (Å²) in [5.74, 6) is 0. The predicted octanol–water partition coefficient (Wildman–Crippen LogP) is 6.26. The zero-order chi connectivity index (χ0) is 19.0. The van der Waals surface area contributed by atoms with E-state index in [0.717, 1.165) is 40.4 Å². The molecule has 0 fully saturated rings. The van der Waals surface area contributed by atoms with Crippen LogP contribution in [0.25, 0.3) is 5.69 Å². The Labute approximate surface area is 177 Å². The number of thiophene rings is 1. The van der Waals surface area contributed by atoms with E-state index in [2.05, 4.69) is 77.4 Å². The number of rotatable bonds is 3. The van der Waals surface area contributed by atoms with Crippen molar-refractivity contribution in [3.8, 4) is 11.8 Å². The van der Waals surface area contributed by atoms with E-state index in [0.29, 0.717) is 0 Å². The van der Waals surface area contributed by atoms with E-state index in [1.807, 2.05) is 6.21 Å². The molecule has 136 valence electrons. The average Bonchev–Trinajstić information content (AvgIpc) is 3.17. The molecular weight excluding hydrogens is 465 g/mol. The lowest BCUT2D eigenvalue weighted by Gasteiger charge is -2.09. The maximum absolute atomic E-state index is 9.61. The predicted molar refractivity (Wildman–Crippen MR) is 121 cm³/mol. The van der Waals surface area contributed by atoms with Crippen LogP contribution in [0, 0.1) is 28.7 Å². The zero-order valence-electron chi connectivity index (χ0n) is 15.4. The first kappa shape index (κ1) is 18.5. The molecule has 0 amide bonds. The number of nitriles is 1. The van der Waals surface area contributed by atoms with Crippen molar-refractivity contribution in [2.45, 2.75) is 39.5 Å². The molecule has 0 unspecified atom stereocenters. The van der Waals surface area contributed by atoms with Crippen molar-refractivity contribution in [2.75, 3.05) is 0 Å². The molecule has 27 heavy (non-hydrogen) atoms. The van der Waals surface area contributed by atoms with E-state index < -0.39 is 0 Å². The van der Waals surface area contributed by atoms with E-state index in [1.165, 1.54) is 32.5 Å². The van der Waals surface area contributed by atoms with Gasteiger partial charge in [-0.2, -0.15) is 5.26 Å². The van der Waals surface area contributed by atoms with Crippen LogP contribution >= 0.6 is 33.9 Å². The fraction of sp³-hybridized carbons (Fsp3) is 0.273. The number of hydrogen-bond donors (Lipinski definition) is 0. The summed E-state index contributed by atoms with van der Waals surface area (Å²) < 4.78 is 3.48. The number of halogens is 1. The van der Waals surface area contributed by atoms with Crippen molar-refractivity contribution < 1.29 is 0 Å². The third-order valence-corrected chi connectivity index (χ3v) is 7.06. The average molecular weight is 485 g/mol. The Hall–Kier alpha value is -1.91. The lowest BCUT2D eigenvalue weighted by atomic mass is 9.96. The van der Waals surface area contributed by atoms with Crippen LogP contribution in [0.3, 0.4) is 0 Å². The van der Waals surface area contributed by atoms with Crippen LogP contribution in [0.1, 0.15) is 45.8 Å². The van der Waals surface area contributed by atoms with Crippen LogP contribution in [-0.4, -0.2) is 10.8 Å². The van der Waals surface area contributed by atoms with Crippen molar-refractivity contribution in [1.29, 1.82) is 5.26 Å². The number of benzene rings is 1. The highest BCUT2D eigenvalue weighted by Crippen LogP contribution is 2.39. The lowest BCUT2D eigenvalue weighted by Crippen LogP contribution is -1.99. The van der Waals surface area contributed by atoms with Crippen molar-refractivity contribution in [3.05, 3.63) is 66.9 Å². The largest absolute Gasteiger partial charge is 0.318 e. The Morgan fingerprint density at radius 1 is 1.19 bits per heavy atom. The van der Waals surface area contributed by atoms with Crippen molar-refractivity contribution in [3.63, 3.8) is 0 Å². The molecule has 0 saturated heterocycles. The first-order valence-electron chi connectivity index (χ1n) is 9.12. The van der Waals surface area contributed by atoms with Gasteiger partial charge in [-0.15, -0.1) is 11.3 Å². The number of aliphatic imine (C=N–C) groups is 1. The second kappa shape index (κ2) is 7.61. The van der Waals surface area contributed by atoms with Gasteiger partial charge in [0.1, 0.15) is 11.1 Å². The first-order valence-corrected chi connectivity index (χ1v) is 11.0. The van der Waals surface area contributed by atoms with Crippen molar-refractivity contribution >= 4 is 45.1 Å². The quantitative estimate of drug-likeness (QED) is 0.319. The smallest absolute Gasteiger partial charge is 0.134 e. The molecule has 3 aromatic rings. The minimum Gasteiger partial charge on any atom is -0.318 e. The Balaban J connectivity index is 1.70. The van der Waals surface area contributed by atoms with Gasteiger partial charge in [-0.05, 0) is 98.0 Å². The second-order valence-corrected chi connectivity index (χ2v) is 9.23. The molecule has 0 spiro atoms. The molecule has 5 heteroatoms. The minimum atomic E-state index is 0.789. The minimum absolute atomic E-state index is 0.789. The molecule has 0 saturated carbocycles. The molecule has 1 aromatic carbocycles. The summed E-state index contributed by atoms with van der Waals surface area (Å²) in [5, 5.41) is 10.5. The molecule has 0 atom stereocenters. The summed E-state index contributed by atoms with van der Waals surface area (Å²) in [4.78, 5) is 6.09. The van der Waals surface area contributed by atoms with E-state index >= 15 is 0 Å². The Morgan fingerprint density at radius 3 is 2.67 bits per heavy atom. The molecule has 3 nitrogen and oxygen atoms in total. The number of aromatic nitrogens is 1. The van der Waals surface area contributed by atoms with Gasteiger partial charge >= 0.3 is 0 Å². The molecule has 0 aliphatic heterocycles. The van der Waals surface area contributed by atoms with Gasteiger partial charge in [0.25, 0.3) is 0 Å². The van der Waals surface area contributed by atoms with Crippen molar-refractivity contribution in [2.24, 2.45) is 4.99 Å². The summed E-state index contributed by atoms with van der Waals surface area (Å²) >= 11 is 4.02. The van der Waals surface area contributed by atoms with Gasteiger partial charge in [-0.25, -0.2) is 4.99 Å². The molecule has 0 radical (unpaired) electrons. The molecule has 1 aliphatic rings. The zero-order valence-corrected chi connectivity index (χ0v) is 18.4.